The van der Waals surface area contributed by atoms with E-state index in [0.29, 0.717) is 5.02 Å². The van der Waals surface area contributed by atoms with E-state index in [4.69, 9.17) is 33.0 Å². The number of hydrogen-bond acceptors (Lipinski definition) is 4. The smallest absolute Gasteiger partial charge is 0.342 e. The standard InChI is InChI=1S/C13H7Cl2NO5/c14-7-1-3-10(15)12(5-7)21-8-2-4-11(16(19)20)9(6-8)13(17)18/h1-6H,(H,17,18). The lowest BCUT2D eigenvalue weighted by atomic mass is 10.1. The Hall–Kier alpha value is -2.31. The van der Waals surface area contributed by atoms with E-state index in [2.05, 4.69) is 0 Å². The molecule has 0 bridgehead atoms. The van der Waals surface area contributed by atoms with Crippen molar-refractivity contribution in [1.82, 2.24) is 0 Å². The highest BCUT2D eigenvalue weighted by Gasteiger charge is 2.20. The van der Waals surface area contributed by atoms with Gasteiger partial charge in [0.25, 0.3) is 5.69 Å². The predicted octanol–water partition coefficient (Wildman–Crippen LogP) is 4.39. The maximum Gasteiger partial charge on any atom is 0.342 e. The summed E-state index contributed by atoms with van der Waals surface area (Å²) < 4.78 is 5.41. The fourth-order valence-electron chi connectivity index (χ4n) is 1.59. The van der Waals surface area contributed by atoms with Crippen molar-refractivity contribution >= 4 is 34.9 Å². The van der Waals surface area contributed by atoms with Crippen LogP contribution >= 0.6 is 23.2 Å². The van der Waals surface area contributed by atoms with Crippen LogP contribution in [0.2, 0.25) is 10.0 Å². The molecule has 0 aliphatic rings. The number of aromatic carboxylic acids is 1. The fourth-order valence-corrected chi connectivity index (χ4v) is 1.91. The number of nitrogens with zero attached hydrogens (tertiary/aromatic N) is 1. The van der Waals surface area contributed by atoms with Gasteiger partial charge in [-0.05, 0) is 18.2 Å². The van der Waals surface area contributed by atoms with Crippen LogP contribution in [0, 0.1) is 10.1 Å². The molecule has 1 N–H and O–H groups in total. The summed E-state index contributed by atoms with van der Waals surface area (Å²) in [5, 5.41) is 20.4. The molecule has 0 atom stereocenters. The number of carbonyl (C=O) groups is 1. The molecule has 0 fully saturated rings. The monoisotopic (exact) mass is 327 g/mol. The zero-order valence-corrected chi connectivity index (χ0v) is 11.8. The number of nitro groups is 1. The second-order valence-corrected chi connectivity index (χ2v) is 4.76. The van der Waals surface area contributed by atoms with Crippen LogP contribution < -0.4 is 4.74 Å². The van der Waals surface area contributed by atoms with Gasteiger partial charge in [-0.3, -0.25) is 10.1 Å². The van der Waals surface area contributed by atoms with Gasteiger partial charge in [0.15, 0.2) is 0 Å². The van der Waals surface area contributed by atoms with E-state index in [0.717, 1.165) is 12.1 Å². The van der Waals surface area contributed by atoms with E-state index in [-0.39, 0.29) is 16.5 Å². The van der Waals surface area contributed by atoms with E-state index in [1.54, 1.807) is 6.07 Å². The molecule has 0 heterocycles. The molecular formula is C13H7Cl2NO5. The number of carboxylic acids is 1. The Labute approximate surface area is 128 Å². The molecule has 0 unspecified atom stereocenters. The third kappa shape index (κ3) is 3.42. The molecule has 108 valence electrons. The van der Waals surface area contributed by atoms with Gasteiger partial charge in [0.05, 0.1) is 9.95 Å². The molecule has 0 amide bonds. The Morgan fingerprint density at radius 3 is 2.52 bits per heavy atom. The van der Waals surface area contributed by atoms with Gasteiger partial charge in [-0.15, -0.1) is 0 Å². The largest absolute Gasteiger partial charge is 0.477 e. The molecule has 2 aromatic rings. The summed E-state index contributed by atoms with van der Waals surface area (Å²) in [4.78, 5) is 21.0. The number of ether oxygens (including phenoxy) is 1. The minimum atomic E-state index is -1.43. The Bertz CT molecular complexity index is 732. The molecule has 0 aliphatic heterocycles. The number of nitro benzene ring substituents is 1. The minimum absolute atomic E-state index is 0.0992. The van der Waals surface area contributed by atoms with E-state index in [9.17, 15) is 14.9 Å². The Kier molecular flexibility index (Phi) is 4.30. The fraction of sp³-hybridized carbons (Fsp3) is 0. The van der Waals surface area contributed by atoms with Crippen LogP contribution in [-0.4, -0.2) is 16.0 Å². The van der Waals surface area contributed by atoms with Crippen molar-refractivity contribution in [2.75, 3.05) is 0 Å². The normalized spacial score (nSPS) is 10.2. The van der Waals surface area contributed by atoms with Crippen molar-refractivity contribution in [3.63, 3.8) is 0 Å². The average Bonchev–Trinajstić information content (AvgIpc) is 2.42. The van der Waals surface area contributed by atoms with Crippen LogP contribution in [0.25, 0.3) is 0 Å². The van der Waals surface area contributed by atoms with Gasteiger partial charge in [-0.1, -0.05) is 23.2 Å². The molecule has 2 rings (SSSR count). The first-order chi connectivity index (χ1) is 9.88. The summed E-state index contributed by atoms with van der Waals surface area (Å²) in [5.74, 6) is -1.11. The maximum absolute atomic E-state index is 11.0. The lowest BCUT2D eigenvalue weighted by Gasteiger charge is -2.08. The van der Waals surface area contributed by atoms with E-state index in [1.165, 1.54) is 18.2 Å². The van der Waals surface area contributed by atoms with Crippen molar-refractivity contribution in [3.05, 3.63) is 62.1 Å². The molecule has 0 aromatic heterocycles. The second kappa shape index (κ2) is 5.99. The van der Waals surface area contributed by atoms with Crippen LogP contribution in [0.4, 0.5) is 5.69 Å². The molecule has 21 heavy (non-hydrogen) atoms. The van der Waals surface area contributed by atoms with Gasteiger partial charge >= 0.3 is 5.97 Å². The van der Waals surface area contributed by atoms with Crippen LogP contribution in [0.5, 0.6) is 11.5 Å². The summed E-state index contributed by atoms with van der Waals surface area (Å²) in [7, 11) is 0. The summed E-state index contributed by atoms with van der Waals surface area (Å²) in [6.07, 6.45) is 0. The molecule has 8 heteroatoms. The molecule has 6 nitrogen and oxygen atoms in total. The molecule has 2 aromatic carbocycles. The van der Waals surface area contributed by atoms with E-state index in [1.807, 2.05) is 0 Å². The molecule has 0 saturated carbocycles. The number of rotatable bonds is 4. The van der Waals surface area contributed by atoms with E-state index >= 15 is 0 Å². The van der Waals surface area contributed by atoms with Gasteiger partial charge in [-0.2, -0.15) is 0 Å². The highest BCUT2D eigenvalue weighted by atomic mass is 35.5. The quantitative estimate of drug-likeness (QED) is 0.664. The third-order valence-corrected chi connectivity index (χ3v) is 3.06. The van der Waals surface area contributed by atoms with E-state index < -0.39 is 22.1 Å². The zero-order valence-electron chi connectivity index (χ0n) is 10.2. The van der Waals surface area contributed by atoms with Crippen molar-refractivity contribution in [1.29, 1.82) is 0 Å². The summed E-state index contributed by atoms with van der Waals surface area (Å²) in [6, 6.07) is 7.92. The predicted molar refractivity (Wildman–Crippen MR) is 76.6 cm³/mol. The van der Waals surface area contributed by atoms with Gasteiger partial charge in [0, 0.05) is 23.2 Å². The van der Waals surface area contributed by atoms with Crippen LogP contribution in [0.1, 0.15) is 10.4 Å². The Morgan fingerprint density at radius 2 is 1.90 bits per heavy atom. The highest BCUT2D eigenvalue weighted by molar-refractivity contribution is 6.34. The number of carboxylic acid groups (broad SMARTS) is 1. The summed E-state index contributed by atoms with van der Waals surface area (Å²) in [5.41, 5.74) is -0.998. The zero-order chi connectivity index (χ0) is 15.6. The van der Waals surface area contributed by atoms with Crippen molar-refractivity contribution in [2.24, 2.45) is 0 Å². The maximum atomic E-state index is 11.0. The first-order valence-corrected chi connectivity index (χ1v) is 6.28. The number of benzene rings is 2. The topological polar surface area (TPSA) is 89.7 Å². The molecule has 0 aliphatic carbocycles. The van der Waals surface area contributed by atoms with Crippen LogP contribution in [-0.2, 0) is 0 Å². The van der Waals surface area contributed by atoms with Crippen LogP contribution in [0.3, 0.4) is 0 Å². The minimum Gasteiger partial charge on any atom is -0.477 e. The lowest BCUT2D eigenvalue weighted by Crippen LogP contribution is -2.02. The van der Waals surface area contributed by atoms with Crippen LogP contribution in [0.15, 0.2) is 36.4 Å². The SMILES string of the molecule is O=C(O)c1cc(Oc2cc(Cl)ccc2Cl)ccc1[N+](=O)[O-]. The average molecular weight is 328 g/mol. The first-order valence-electron chi connectivity index (χ1n) is 5.53. The van der Waals surface area contributed by atoms with Crippen molar-refractivity contribution in [3.8, 4) is 11.5 Å². The lowest BCUT2D eigenvalue weighted by molar-refractivity contribution is -0.385. The third-order valence-electron chi connectivity index (χ3n) is 2.52. The van der Waals surface area contributed by atoms with Crippen molar-refractivity contribution < 1.29 is 19.6 Å². The van der Waals surface area contributed by atoms with Gasteiger partial charge in [-0.25, -0.2) is 4.79 Å². The summed E-state index contributed by atoms with van der Waals surface area (Å²) in [6.45, 7) is 0. The van der Waals surface area contributed by atoms with Crippen molar-refractivity contribution in [2.45, 2.75) is 0 Å². The first kappa shape index (κ1) is 15.1. The molecular weight excluding hydrogens is 321 g/mol. The number of hydrogen-bond donors (Lipinski definition) is 1. The summed E-state index contributed by atoms with van der Waals surface area (Å²) >= 11 is 11.7. The molecule has 0 spiro atoms. The Morgan fingerprint density at radius 1 is 1.19 bits per heavy atom. The van der Waals surface area contributed by atoms with Gasteiger partial charge in [0.1, 0.15) is 17.1 Å². The van der Waals surface area contributed by atoms with Gasteiger partial charge in [0.2, 0.25) is 0 Å². The number of halogens is 2. The molecule has 0 saturated heterocycles. The second-order valence-electron chi connectivity index (χ2n) is 3.92. The highest BCUT2D eigenvalue weighted by Crippen LogP contribution is 2.33. The molecule has 0 radical (unpaired) electrons. The Balaban J connectivity index is 2.41. The van der Waals surface area contributed by atoms with Gasteiger partial charge < -0.3 is 9.84 Å².